The molecule has 6 saturated carbocycles. The van der Waals surface area contributed by atoms with Crippen LogP contribution >= 0.6 is 0 Å². The Balaban J connectivity index is 1.19. The molecule has 0 aromatic carbocycles. The van der Waals surface area contributed by atoms with Crippen LogP contribution in [0.4, 0.5) is 0 Å². The number of ether oxygens (including phenoxy) is 2. The zero-order valence-corrected chi connectivity index (χ0v) is 30.3. The summed E-state index contributed by atoms with van der Waals surface area (Å²) in [7, 11) is 0. The molecule has 6 aliphatic rings. The number of carbonyl (C=O) groups is 2. The minimum atomic E-state index is -1.57. The van der Waals surface area contributed by atoms with Crippen molar-refractivity contribution in [2.75, 3.05) is 6.61 Å². The second-order valence-corrected chi connectivity index (χ2v) is 18.5. The molecule has 49 heavy (non-hydrogen) atoms. The van der Waals surface area contributed by atoms with Gasteiger partial charge >= 0.3 is 11.9 Å². The lowest BCUT2D eigenvalue weighted by Crippen LogP contribution is -2.64. The summed E-state index contributed by atoms with van der Waals surface area (Å²) in [4.78, 5) is 25.0. The highest BCUT2D eigenvalue weighted by atomic mass is 16.5. The fraction of sp³-hybridized carbons (Fsp3) is 0.947. The predicted molar refractivity (Wildman–Crippen MR) is 178 cm³/mol. The molecule has 6 rings (SSSR count). The van der Waals surface area contributed by atoms with Crippen molar-refractivity contribution in [3.63, 3.8) is 0 Å². The van der Waals surface area contributed by atoms with E-state index in [1.165, 1.54) is 6.92 Å². The standard InChI is InChI=1S/C38H62O11/c1-19(7-10-26(40)35(5,6)47)21-11-16-38(33(45)46)23(21)12-14-37-18-36(37)15-13-27(34(3,4)24(36)8-9-25(37)38)49-32-29(42)22(17-48-20(2)39)28(41)30(43)31(32)44/h19,21-32,40-44,47H,7-18H2,1-6H3,(H,45,46). The van der Waals surface area contributed by atoms with Gasteiger partial charge in [-0.2, -0.15) is 0 Å². The third-order valence-corrected chi connectivity index (χ3v) is 15.6. The first-order valence-corrected chi connectivity index (χ1v) is 18.9. The Morgan fingerprint density at radius 3 is 2.12 bits per heavy atom. The summed E-state index contributed by atoms with van der Waals surface area (Å²) in [5.74, 6) is -1.22. The molecule has 16 atom stereocenters. The average molecular weight is 695 g/mol. The highest BCUT2D eigenvalue weighted by Crippen LogP contribution is 2.87. The number of carbonyl (C=O) groups excluding carboxylic acids is 1. The maximum absolute atomic E-state index is 13.5. The molecular weight excluding hydrogens is 632 g/mol. The number of rotatable bonds is 10. The fourth-order valence-electron chi connectivity index (χ4n) is 13.1. The van der Waals surface area contributed by atoms with Crippen molar-refractivity contribution in [3.05, 3.63) is 0 Å². The first-order chi connectivity index (χ1) is 22.8. The lowest BCUT2D eigenvalue weighted by atomic mass is 9.44. The van der Waals surface area contributed by atoms with Crippen LogP contribution in [0.1, 0.15) is 112 Å². The van der Waals surface area contributed by atoms with Crippen molar-refractivity contribution in [2.24, 2.45) is 57.2 Å². The van der Waals surface area contributed by atoms with Crippen LogP contribution in [0.5, 0.6) is 0 Å². The molecule has 0 aliphatic heterocycles. The van der Waals surface area contributed by atoms with Gasteiger partial charge in [0.15, 0.2) is 0 Å². The van der Waals surface area contributed by atoms with E-state index >= 15 is 0 Å². The Morgan fingerprint density at radius 1 is 0.857 bits per heavy atom. The summed E-state index contributed by atoms with van der Waals surface area (Å²) in [6.07, 6.45) is 0.767. The number of hydrogen-bond acceptors (Lipinski definition) is 10. The molecule has 11 nitrogen and oxygen atoms in total. The lowest BCUT2D eigenvalue weighted by molar-refractivity contribution is -0.258. The van der Waals surface area contributed by atoms with Gasteiger partial charge in [0.25, 0.3) is 0 Å². The molecule has 6 fully saturated rings. The van der Waals surface area contributed by atoms with E-state index in [4.69, 9.17) is 9.47 Å². The maximum atomic E-state index is 13.5. The van der Waals surface area contributed by atoms with Crippen LogP contribution < -0.4 is 0 Å². The Bertz CT molecular complexity index is 1260. The molecule has 6 aliphatic carbocycles. The van der Waals surface area contributed by atoms with E-state index in [2.05, 4.69) is 20.8 Å². The van der Waals surface area contributed by atoms with Crippen molar-refractivity contribution in [1.29, 1.82) is 0 Å². The highest BCUT2D eigenvalue weighted by molar-refractivity contribution is 5.77. The largest absolute Gasteiger partial charge is 0.481 e. The van der Waals surface area contributed by atoms with Crippen LogP contribution in [0.15, 0.2) is 0 Å². The molecule has 0 saturated heterocycles. The Morgan fingerprint density at radius 2 is 1.49 bits per heavy atom. The zero-order valence-electron chi connectivity index (χ0n) is 30.3. The molecule has 280 valence electrons. The summed E-state index contributed by atoms with van der Waals surface area (Å²) in [6.45, 7) is 10.7. The molecule has 0 amide bonds. The van der Waals surface area contributed by atoms with Crippen molar-refractivity contribution in [2.45, 2.75) is 161 Å². The molecule has 11 heteroatoms. The summed E-state index contributed by atoms with van der Waals surface area (Å²) < 4.78 is 11.6. The van der Waals surface area contributed by atoms with Crippen LogP contribution in [-0.4, -0.2) is 103 Å². The van der Waals surface area contributed by atoms with E-state index < -0.39 is 65.5 Å². The molecular formula is C38H62O11. The van der Waals surface area contributed by atoms with Crippen LogP contribution in [0.2, 0.25) is 0 Å². The van der Waals surface area contributed by atoms with Crippen LogP contribution in [0, 0.1) is 57.2 Å². The first kappa shape index (κ1) is 37.4. The fourth-order valence-corrected chi connectivity index (χ4v) is 13.1. The van der Waals surface area contributed by atoms with E-state index in [1.54, 1.807) is 13.8 Å². The van der Waals surface area contributed by atoms with Crippen LogP contribution in [-0.2, 0) is 19.1 Å². The van der Waals surface area contributed by atoms with Gasteiger partial charge in [-0.25, -0.2) is 0 Å². The second kappa shape index (κ2) is 12.7. The molecule has 7 N–H and O–H groups in total. The summed E-state index contributed by atoms with van der Waals surface area (Å²) in [6, 6.07) is 0. The van der Waals surface area contributed by atoms with Crippen LogP contribution in [0.25, 0.3) is 0 Å². The highest BCUT2D eigenvalue weighted by Gasteiger charge is 2.82. The Kier molecular flexibility index (Phi) is 9.67. The molecule has 0 radical (unpaired) electrons. The molecule has 16 unspecified atom stereocenters. The number of aliphatic hydroxyl groups excluding tert-OH is 5. The van der Waals surface area contributed by atoms with Gasteiger partial charge in [0.1, 0.15) is 18.3 Å². The predicted octanol–water partition coefficient (Wildman–Crippen LogP) is 3.04. The quantitative estimate of drug-likeness (QED) is 0.166. The zero-order chi connectivity index (χ0) is 36.1. The second-order valence-electron chi connectivity index (χ2n) is 18.5. The van der Waals surface area contributed by atoms with E-state index in [1.807, 2.05) is 0 Å². The number of esters is 1. The number of aliphatic hydroxyl groups is 6. The first-order valence-electron chi connectivity index (χ1n) is 18.9. The van der Waals surface area contributed by atoms with Gasteiger partial charge in [-0.05, 0) is 130 Å². The van der Waals surface area contributed by atoms with Gasteiger partial charge in [-0.1, -0.05) is 20.8 Å². The molecule has 0 aromatic rings. The third kappa shape index (κ3) is 5.62. The van der Waals surface area contributed by atoms with Gasteiger partial charge in [0, 0.05) is 6.92 Å². The molecule has 0 aromatic heterocycles. The molecule has 2 spiro atoms. The van der Waals surface area contributed by atoms with Gasteiger partial charge < -0.3 is 45.2 Å². The summed E-state index contributed by atoms with van der Waals surface area (Å²) >= 11 is 0. The smallest absolute Gasteiger partial charge is 0.310 e. The van der Waals surface area contributed by atoms with Crippen molar-refractivity contribution in [3.8, 4) is 0 Å². The number of aliphatic carboxylic acids is 1. The summed E-state index contributed by atoms with van der Waals surface area (Å²) in [5.41, 5.74) is -2.28. The Labute approximate surface area is 290 Å². The van der Waals surface area contributed by atoms with E-state index in [9.17, 15) is 45.3 Å². The number of fused-ring (bicyclic) bond motifs is 2. The minimum absolute atomic E-state index is 0.0184. The third-order valence-electron chi connectivity index (χ3n) is 15.6. The number of hydrogen-bond donors (Lipinski definition) is 7. The van der Waals surface area contributed by atoms with E-state index in [0.717, 1.165) is 51.4 Å². The van der Waals surface area contributed by atoms with E-state index in [0.29, 0.717) is 19.3 Å². The van der Waals surface area contributed by atoms with Crippen LogP contribution in [0.3, 0.4) is 0 Å². The molecule has 0 heterocycles. The van der Waals surface area contributed by atoms with Gasteiger partial charge in [-0.15, -0.1) is 0 Å². The van der Waals surface area contributed by atoms with Gasteiger partial charge in [-0.3, -0.25) is 9.59 Å². The van der Waals surface area contributed by atoms with E-state index in [-0.39, 0.29) is 58.5 Å². The normalized spacial score (nSPS) is 48.3. The minimum Gasteiger partial charge on any atom is -0.481 e. The number of carboxylic acids is 1. The van der Waals surface area contributed by atoms with Crippen molar-refractivity contribution >= 4 is 11.9 Å². The number of carboxylic acid groups (broad SMARTS) is 1. The SMILES string of the molecule is CC(=O)OCC1C(O)C(O)C(O)C(OC2CCC34CC35CCC3C(C(C)CCC(O)C(C)(C)O)CCC3(C(=O)O)C5CCC4C2(C)C)C1O. The van der Waals surface area contributed by atoms with Crippen molar-refractivity contribution in [1.82, 2.24) is 0 Å². The van der Waals surface area contributed by atoms with Crippen molar-refractivity contribution < 1.29 is 54.8 Å². The Hall–Kier alpha value is -1.34. The topological polar surface area (TPSA) is 194 Å². The summed E-state index contributed by atoms with van der Waals surface area (Å²) in [5, 5.41) is 75.3. The van der Waals surface area contributed by atoms with Gasteiger partial charge in [0.2, 0.25) is 0 Å². The average Bonchev–Trinajstić information content (AvgIpc) is 3.51. The maximum Gasteiger partial charge on any atom is 0.310 e. The van der Waals surface area contributed by atoms with Gasteiger partial charge in [0.05, 0.1) is 48.0 Å². The monoisotopic (exact) mass is 694 g/mol. The lowest BCUT2D eigenvalue weighted by Gasteiger charge is -2.60. The molecule has 0 bridgehead atoms.